The Morgan fingerprint density at radius 2 is 0.520 bits per heavy atom. The zero-order chi connectivity index (χ0) is 72.3. The molecule has 0 aliphatic heterocycles. The maximum Gasteiger partial charge on any atom is 0.472 e. The van der Waals surface area contributed by atoms with Crippen LogP contribution in [0.25, 0.3) is 0 Å². The molecule has 0 aliphatic rings. The molecule has 0 aromatic rings. The van der Waals surface area contributed by atoms with Gasteiger partial charge in [-0.15, -0.1) is 0 Å². The summed E-state index contributed by atoms with van der Waals surface area (Å²) >= 11 is 0. The molecule has 98 heavy (non-hydrogen) atoms. The molecule has 0 spiro atoms. The average molecular weight is 1440 g/mol. The molecule has 0 aliphatic carbocycles. The quantitative estimate of drug-likeness (QED) is 0.0222. The van der Waals surface area contributed by atoms with E-state index in [1.807, 2.05) is 0 Å². The number of phosphoric ester groups is 2. The van der Waals surface area contributed by atoms with Crippen LogP contribution in [0.4, 0.5) is 0 Å². The van der Waals surface area contributed by atoms with E-state index in [9.17, 15) is 43.2 Å². The van der Waals surface area contributed by atoms with Gasteiger partial charge < -0.3 is 33.8 Å². The minimum atomic E-state index is -4.96. The lowest BCUT2D eigenvalue weighted by Gasteiger charge is -2.21. The Kier molecular flexibility index (Phi) is 68.1. The van der Waals surface area contributed by atoms with Crippen molar-refractivity contribution in [1.29, 1.82) is 0 Å². The van der Waals surface area contributed by atoms with E-state index in [0.717, 1.165) is 108 Å². The highest BCUT2D eigenvalue weighted by atomic mass is 31.2. The van der Waals surface area contributed by atoms with Crippen LogP contribution in [0.5, 0.6) is 0 Å². The third-order valence-electron chi connectivity index (χ3n) is 18.7. The van der Waals surface area contributed by atoms with Crippen molar-refractivity contribution in [2.45, 2.75) is 426 Å². The summed E-state index contributed by atoms with van der Waals surface area (Å²) in [6.07, 6.45) is 57.0. The van der Waals surface area contributed by atoms with Gasteiger partial charge in [-0.2, -0.15) is 0 Å². The van der Waals surface area contributed by atoms with Crippen LogP contribution in [0.15, 0.2) is 0 Å². The molecule has 0 amide bonds. The minimum Gasteiger partial charge on any atom is -0.462 e. The number of aliphatic hydroxyl groups excluding tert-OH is 1. The Hall–Kier alpha value is -1.94. The van der Waals surface area contributed by atoms with Crippen LogP contribution >= 0.6 is 15.6 Å². The van der Waals surface area contributed by atoms with Gasteiger partial charge in [-0.05, 0) is 43.4 Å². The number of esters is 4. The summed E-state index contributed by atoms with van der Waals surface area (Å²) in [5, 5.41) is 10.6. The number of phosphoric acid groups is 2. The number of ether oxygens (including phenoxy) is 4. The average Bonchev–Trinajstić information content (AvgIpc) is 1.04. The molecule has 0 saturated carbocycles. The summed E-state index contributed by atoms with van der Waals surface area (Å²) in [4.78, 5) is 72.9. The monoisotopic (exact) mass is 1440 g/mol. The second kappa shape index (κ2) is 69.4. The fourth-order valence-corrected chi connectivity index (χ4v) is 13.7. The summed E-state index contributed by atoms with van der Waals surface area (Å²) in [6.45, 7) is 11.9. The van der Waals surface area contributed by atoms with E-state index >= 15 is 0 Å². The normalized spacial score (nSPS) is 14.3. The number of unbranched alkanes of at least 4 members (excludes halogenated alkanes) is 44. The molecule has 3 N–H and O–H groups in total. The zero-order valence-corrected chi connectivity index (χ0v) is 66.0. The lowest BCUT2D eigenvalue weighted by Crippen LogP contribution is -2.30. The fraction of sp³-hybridized carbons (Fsp3) is 0.949. The van der Waals surface area contributed by atoms with Crippen molar-refractivity contribution in [2.24, 2.45) is 17.8 Å². The Morgan fingerprint density at radius 3 is 0.776 bits per heavy atom. The van der Waals surface area contributed by atoms with Crippen molar-refractivity contribution >= 4 is 39.5 Å². The minimum absolute atomic E-state index is 0.105. The van der Waals surface area contributed by atoms with Gasteiger partial charge in [-0.25, -0.2) is 9.13 Å². The lowest BCUT2D eigenvalue weighted by molar-refractivity contribution is -0.161. The molecular formula is C79H154O17P2. The van der Waals surface area contributed by atoms with E-state index in [4.69, 9.17) is 37.0 Å². The molecule has 0 bridgehead atoms. The molecule has 3 unspecified atom stereocenters. The van der Waals surface area contributed by atoms with Gasteiger partial charge in [-0.1, -0.05) is 357 Å². The molecule has 0 saturated heterocycles. The Morgan fingerprint density at radius 1 is 0.296 bits per heavy atom. The number of carbonyl (C=O) groups is 4. The third-order valence-corrected chi connectivity index (χ3v) is 20.6. The summed E-state index contributed by atoms with van der Waals surface area (Å²) < 4.78 is 68.6. The van der Waals surface area contributed by atoms with Crippen LogP contribution in [0, 0.1) is 17.8 Å². The van der Waals surface area contributed by atoms with Gasteiger partial charge in [0.1, 0.15) is 19.3 Å². The number of hydrogen-bond acceptors (Lipinski definition) is 15. The van der Waals surface area contributed by atoms with E-state index in [0.29, 0.717) is 25.7 Å². The first kappa shape index (κ1) is 96.1. The van der Waals surface area contributed by atoms with Crippen LogP contribution in [0.2, 0.25) is 0 Å². The van der Waals surface area contributed by atoms with Gasteiger partial charge in [0.05, 0.1) is 26.4 Å². The van der Waals surface area contributed by atoms with Crippen molar-refractivity contribution in [1.82, 2.24) is 0 Å². The summed E-state index contributed by atoms with van der Waals surface area (Å²) in [5.41, 5.74) is 0. The van der Waals surface area contributed by atoms with Crippen molar-refractivity contribution in [3.05, 3.63) is 0 Å². The second-order valence-electron chi connectivity index (χ2n) is 29.6. The van der Waals surface area contributed by atoms with Gasteiger partial charge in [0.2, 0.25) is 0 Å². The fourth-order valence-electron chi connectivity index (χ4n) is 12.1. The van der Waals surface area contributed by atoms with E-state index in [1.54, 1.807) is 0 Å². The Bertz CT molecular complexity index is 1910. The van der Waals surface area contributed by atoms with Gasteiger partial charge >= 0.3 is 39.5 Å². The van der Waals surface area contributed by atoms with E-state index in [-0.39, 0.29) is 25.7 Å². The van der Waals surface area contributed by atoms with Gasteiger partial charge in [0.25, 0.3) is 0 Å². The summed E-state index contributed by atoms with van der Waals surface area (Å²) in [7, 11) is -9.92. The van der Waals surface area contributed by atoms with E-state index in [1.165, 1.54) is 218 Å². The number of hydrogen-bond donors (Lipinski definition) is 3. The third kappa shape index (κ3) is 71.1. The van der Waals surface area contributed by atoms with Crippen LogP contribution < -0.4 is 0 Å². The van der Waals surface area contributed by atoms with Crippen LogP contribution in [0.1, 0.15) is 408 Å². The number of aliphatic hydroxyl groups is 1. The molecule has 582 valence electrons. The molecule has 0 heterocycles. The zero-order valence-electron chi connectivity index (χ0n) is 64.3. The topological polar surface area (TPSA) is 237 Å². The van der Waals surface area contributed by atoms with Gasteiger partial charge in [0.15, 0.2) is 12.2 Å². The summed E-state index contributed by atoms with van der Waals surface area (Å²) in [6, 6.07) is 0. The first-order chi connectivity index (χ1) is 47.3. The van der Waals surface area contributed by atoms with Gasteiger partial charge in [-0.3, -0.25) is 37.3 Å². The van der Waals surface area contributed by atoms with Crippen molar-refractivity contribution in [3.63, 3.8) is 0 Å². The van der Waals surface area contributed by atoms with Crippen LogP contribution in [-0.4, -0.2) is 96.7 Å². The molecule has 17 nitrogen and oxygen atoms in total. The molecule has 19 heteroatoms. The smallest absolute Gasteiger partial charge is 0.462 e. The van der Waals surface area contributed by atoms with E-state index < -0.39 is 97.5 Å². The molecule has 0 radical (unpaired) electrons. The van der Waals surface area contributed by atoms with Gasteiger partial charge in [0, 0.05) is 25.7 Å². The predicted molar refractivity (Wildman–Crippen MR) is 400 cm³/mol. The summed E-state index contributed by atoms with van der Waals surface area (Å²) in [5.74, 6) is 0.156. The van der Waals surface area contributed by atoms with Crippen molar-refractivity contribution in [3.8, 4) is 0 Å². The Balaban J connectivity index is 5.22. The highest BCUT2D eigenvalue weighted by Crippen LogP contribution is 2.45. The van der Waals surface area contributed by atoms with Crippen LogP contribution in [-0.2, 0) is 65.4 Å². The molecule has 0 fully saturated rings. The SMILES string of the molecule is CCCCCCCCCCCCCCCCCCCCCCCC(=O)O[C@H](COC(=O)CCCCCCCCCCCCC(C)CC)COP(=O)(O)OC[C@@H](O)COP(=O)(O)OC[C@@H](COC(=O)CCCCCCCCCCC(C)C)OC(=O)CCCCCCCCCCCC(C)C. The van der Waals surface area contributed by atoms with Crippen molar-refractivity contribution in [2.75, 3.05) is 39.6 Å². The largest absolute Gasteiger partial charge is 0.472 e. The number of carbonyl (C=O) groups excluding carboxylic acids is 4. The van der Waals surface area contributed by atoms with E-state index in [2.05, 4.69) is 48.5 Å². The molecule has 0 rings (SSSR count). The number of rotatable bonds is 77. The lowest BCUT2D eigenvalue weighted by atomic mass is 9.99. The van der Waals surface area contributed by atoms with Crippen molar-refractivity contribution < 1.29 is 80.2 Å². The molecule has 0 aromatic heterocycles. The maximum atomic E-state index is 13.1. The molecular weight excluding hydrogens is 1280 g/mol. The molecule has 6 atom stereocenters. The first-order valence-electron chi connectivity index (χ1n) is 40.9. The Labute approximate surface area is 600 Å². The molecule has 0 aromatic carbocycles. The second-order valence-corrected chi connectivity index (χ2v) is 32.6. The highest BCUT2D eigenvalue weighted by Gasteiger charge is 2.30. The van der Waals surface area contributed by atoms with Crippen LogP contribution in [0.3, 0.4) is 0 Å². The predicted octanol–water partition coefficient (Wildman–Crippen LogP) is 23.4. The maximum absolute atomic E-state index is 13.1. The highest BCUT2D eigenvalue weighted by molar-refractivity contribution is 7.47. The first-order valence-corrected chi connectivity index (χ1v) is 43.9. The standard InChI is InChI=1S/C79H154O17P2/c1-8-10-11-12-13-14-15-16-17-18-19-20-21-22-23-24-25-32-41-48-55-62-78(83)95-74(66-89-76(81)60-53-46-39-31-27-26-30-38-45-52-59-72(7)9-2)68-93-97(85,86)91-64-73(80)65-92-98(87,88)94-69-75(67-90-77(82)61-54-47-40-35-34-37-44-51-58-71(5)6)96-79(84)63-56-49-42-33-28-29-36-43-50-57-70(3)4/h70-75,80H,8-69H2,1-7H3,(H,85,86)(H,87,88)/t72?,73-,74-,75-/m1/s1.